The Balaban J connectivity index is 4.42. The van der Waals surface area contributed by atoms with Crippen molar-refractivity contribution in [3.05, 3.63) is 134 Å². The summed E-state index contributed by atoms with van der Waals surface area (Å²) in [6.07, 6.45) is 97.6. The molecule has 0 aliphatic rings. The summed E-state index contributed by atoms with van der Waals surface area (Å²) in [4.78, 5) is 38.3. The smallest absolute Gasteiger partial charge is 0.306 e. The van der Waals surface area contributed by atoms with E-state index in [1.165, 1.54) is 128 Å². The largest absolute Gasteiger partial charge is 0.462 e. The highest BCUT2D eigenvalue weighted by atomic mass is 16.6. The molecule has 0 spiro atoms. The van der Waals surface area contributed by atoms with E-state index in [1.54, 1.807) is 0 Å². The van der Waals surface area contributed by atoms with Crippen molar-refractivity contribution in [1.29, 1.82) is 0 Å². The molecule has 0 aliphatic heterocycles. The van der Waals surface area contributed by atoms with Gasteiger partial charge in [0.05, 0.1) is 0 Å². The van der Waals surface area contributed by atoms with Crippen molar-refractivity contribution >= 4 is 17.9 Å². The fraction of sp³-hybridized carbons (Fsp3) is 0.671. The molecule has 0 saturated carbocycles. The standard InChI is InChI=1S/C76H126O6/c1-4-7-10-13-16-19-22-25-27-29-31-33-35-36-37-38-39-40-41-43-44-46-48-51-54-57-60-63-66-69-75(78)81-72-73(71-80-74(77)68-65-62-59-56-53-50-24-21-18-15-12-9-6-3)82-76(79)70-67-64-61-58-55-52-49-47-45-42-34-32-30-28-26-23-20-17-14-11-8-5-2/h7,10,12,15-16,19,21,24-25,27,31,33,36-37,39-40,43-44,48,51,57,60,73H,4-6,8-9,11,13-14,17-18,20,22-23,26,28-30,32,34-35,38,41-42,45-47,49-50,52-56,58-59,61-72H2,1-3H3/b10-7-,15-12-,19-16-,24-21-,27-25-,33-31-,37-36-,40-39-,44-43-,51-48-,60-57-. The van der Waals surface area contributed by atoms with Gasteiger partial charge in [-0.05, 0) is 109 Å². The molecule has 0 saturated heterocycles. The molecule has 6 heteroatoms. The van der Waals surface area contributed by atoms with Crippen molar-refractivity contribution < 1.29 is 28.6 Å². The van der Waals surface area contributed by atoms with Crippen LogP contribution in [0.25, 0.3) is 0 Å². The quantitative estimate of drug-likeness (QED) is 0.0261. The maximum atomic E-state index is 12.9. The minimum atomic E-state index is -0.812. The second kappa shape index (κ2) is 69.0. The molecule has 466 valence electrons. The summed E-state index contributed by atoms with van der Waals surface area (Å²) in [6.45, 7) is 6.43. The van der Waals surface area contributed by atoms with Gasteiger partial charge in [-0.15, -0.1) is 0 Å². The molecular formula is C76H126O6. The van der Waals surface area contributed by atoms with Crippen LogP contribution in [0.4, 0.5) is 0 Å². The fourth-order valence-electron chi connectivity index (χ4n) is 9.31. The third-order valence-electron chi connectivity index (χ3n) is 14.4. The molecule has 0 aromatic heterocycles. The molecule has 0 heterocycles. The van der Waals surface area contributed by atoms with E-state index in [4.69, 9.17) is 14.2 Å². The average Bonchev–Trinajstić information content (AvgIpc) is 3.47. The van der Waals surface area contributed by atoms with E-state index in [1.807, 2.05) is 0 Å². The van der Waals surface area contributed by atoms with Gasteiger partial charge in [-0.25, -0.2) is 0 Å². The number of hydrogen-bond donors (Lipinski definition) is 0. The highest BCUT2D eigenvalue weighted by molar-refractivity contribution is 5.71. The third kappa shape index (κ3) is 66.4. The summed E-state index contributed by atoms with van der Waals surface area (Å²) in [5.74, 6) is -0.972. The molecule has 0 radical (unpaired) electrons. The number of allylic oxidation sites excluding steroid dienone is 22. The molecule has 1 unspecified atom stereocenters. The van der Waals surface area contributed by atoms with E-state index in [0.717, 1.165) is 135 Å². The van der Waals surface area contributed by atoms with Crippen LogP contribution in [-0.4, -0.2) is 37.2 Å². The highest BCUT2D eigenvalue weighted by Crippen LogP contribution is 2.17. The van der Waals surface area contributed by atoms with Crippen LogP contribution in [0.5, 0.6) is 0 Å². The zero-order valence-electron chi connectivity index (χ0n) is 53.5. The molecule has 0 rings (SSSR count). The number of unbranched alkanes of at least 4 members (excludes halogenated alkanes) is 28. The molecule has 0 aromatic carbocycles. The van der Waals surface area contributed by atoms with Crippen molar-refractivity contribution in [2.45, 2.75) is 316 Å². The summed E-state index contributed by atoms with van der Waals surface area (Å²) in [7, 11) is 0. The number of ether oxygens (including phenoxy) is 3. The lowest BCUT2D eigenvalue weighted by Crippen LogP contribution is -2.30. The van der Waals surface area contributed by atoms with Gasteiger partial charge in [-0.2, -0.15) is 0 Å². The Morgan fingerprint density at radius 1 is 0.256 bits per heavy atom. The SMILES string of the molecule is CC/C=C\C/C=C\C/C=C\C/C=C\C/C=C\C/C=C\C/C=C\C/C=C\C/C=C\CCCC(=O)OCC(COC(=O)CCCCCCC/C=C\C/C=C\CCC)OC(=O)CCCCCCCCCCCCCCCCCCCCCCCC. The lowest BCUT2D eigenvalue weighted by atomic mass is 10.0. The van der Waals surface area contributed by atoms with Crippen LogP contribution in [0.1, 0.15) is 310 Å². The van der Waals surface area contributed by atoms with Crippen LogP contribution in [-0.2, 0) is 28.6 Å². The third-order valence-corrected chi connectivity index (χ3v) is 14.4. The lowest BCUT2D eigenvalue weighted by molar-refractivity contribution is -0.167. The summed E-state index contributed by atoms with van der Waals surface area (Å²) in [5.41, 5.74) is 0. The van der Waals surface area contributed by atoms with Crippen LogP contribution < -0.4 is 0 Å². The van der Waals surface area contributed by atoms with Gasteiger partial charge in [0.25, 0.3) is 0 Å². The molecule has 1 atom stereocenters. The minimum Gasteiger partial charge on any atom is -0.462 e. The second-order valence-electron chi connectivity index (χ2n) is 22.4. The Morgan fingerprint density at radius 3 is 0.841 bits per heavy atom. The summed E-state index contributed by atoms with van der Waals surface area (Å²) in [6, 6.07) is 0. The van der Waals surface area contributed by atoms with Gasteiger partial charge in [-0.1, -0.05) is 315 Å². The van der Waals surface area contributed by atoms with E-state index >= 15 is 0 Å². The number of esters is 3. The molecule has 0 N–H and O–H groups in total. The topological polar surface area (TPSA) is 78.9 Å². The summed E-state index contributed by atoms with van der Waals surface area (Å²) >= 11 is 0. The fourth-order valence-corrected chi connectivity index (χ4v) is 9.31. The Bertz CT molecular complexity index is 1730. The van der Waals surface area contributed by atoms with Gasteiger partial charge >= 0.3 is 17.9 Å². The first-order valence-corrected chi connectivity index (χ1v) is 34.2. The Morgan fingerprint density at radius 2 is 0.512 bits per heavy atom. The first-order chi connectivity index (χ1) is 40.5. The van der Waals surface area contributed by atoms with E-state index < -0.39 is 6.10 Å². The molecule has 6 nitrogen and oxygen atoms in total. The monoisotopic (exact) mass is 1130 g/mol. The van der Waals surface area contributed by atoms with E-state index in [0.29, 0.717) is 19.3 Å². The van der Waals surface area contributed by atoms with Crippen LogP contribution in [0.2, 0.25) is 0 Å². The van der Waals surface area contributed by atoms with E-state index in [9.17, 15) is 14.4 Å². The maximum Gasteiger partial charge on any atom is 0.306 e. The predicted molar refractivity (Wildman–Crippen MR) is 357 cm³/mol. The van der Waals surface area contributed by atoms with Gasteiger partial charge in [0.1, 0.15) is 13.2 Å². The molecule has 0 amide bonds. The van der Waals surface area contributed by atoms with Gasteiger partial charge in [-0.3, -0.25) is 14.4 Å². The molecule has 0 aromatic rings. The number of carbonyl (C=O) groups is 3. The van der Waals surface area contributed by atoms with Gasteiger partial charge in [0, 0.05) is 19.3 Å². The number of hydrogen-bond acceptors (Lipinski definition) is 6. The van der Waals surface area contributed by atoms with Crippen LogP contribution >= 0.6 is 0 Å². The molecule has 0 fully saturated rings. The number of carbonyl (C=O) groups excluding carboxylic acids is 3. The van der Waals surface area contributed by atoms with E-state index in [-0.39, 0.29) is 37.5 Å². The Kier molecular flexibility index (Phi) is 65.3. The highest BCUT2D eigenvalue weighted by Gasteiger charge is 2.19. The second-order valence-corrected chi connectivity index (χ2v) is 22.4. The number of rotatable bonds is 61. The maximum absolute atomic E-state index is 12.9. The first-order valence-electron chi connectivity index (χ1n) is 34.2. The van der Waals surface area contributed by atoms with Gasteiger partial charge < -0.3 is 14.2 Å². The Hall–Kier alpha value is -4.45. The van der Waals surface area contributed by atoms with E-state index in [2.05, 4.69) is 154 Å². The van der Waals surface area contributed by atoms with Crippen LogP contribution in [0, 0.1) is 0 Å². The van der Waals surface area contributed by atoms with Gasteiger partial charge in [0.15, 0.2) is 6.10 Å². The van der Waals surface area contributed by atoms with Crippen molar-refractivity contribution in [2.24, 2.45) is 0 Å². The van der Waals surface area contributed by atoms with Crippen LogP contribution in [0.3, 0.4) is 0 Å². The molecule has 0 aliphatic carbocycles. The van der Waals surface area contributed by atoms with Crippen molar-refractivity contribution in [1.82, 2.24) is 0 Å². The molecular weight excluding hydrogens is 1010 g/mol. The van der Waals surface area contributed by atoms with Crippen LogP contribution in [0.15, 0.2) is 134 Å². The zero-order valence-corrected chi connectivity index (χ0v) is 53.5. The predicted octanol–water partition coefficient (Wildman–Crippen LogP) is 23.7. The molecule has 0 bridgehead atoms. The normalized spacial score (nSPS) is 13.0. The Labute approximate surface area is 506 Å². The van der Waals surface area contributed by atoms with Crippen molar-refractivity contribution in [2.75, 3.05) is 13.2 Å². The molecule has 82 heavy (non-hydrogen) atoms. The summed E-state index contributed by atoms with van der Waals surface area (Å²) < 4.78 is 16.9. The zero-order chi connectivity index (χ0) is 59.2. The van der Waals surface area contributed by atoms with Crippen molar-refractivity contribution in [3.8, 4) is 0 Å². The average molecular weight is 1140 g/mol. The minimum absolute atomic E-state index is 0.104. The van der Waals surface area contributed by atoms with Crippen molar-refractivity contribution in [3.63, 3.8) is 0 Å². The first kappa shape index (κ1) is 77.5. The summed E-state index contributed by atoms with van der Waals surface area (Å²) in [5, 5.41) is 0. The lowest BCUT2D eigenvalue weighted by Gasteiger charge is -2.18. The van der Waals surface area contributed by atoms with Gasteiger partial charge in [0.2, 0.25) is 0 Å².